The highest BCUT2D eigenvalue weighted by atomic mass is 35.5. The molecule has 172 valence electrons. The Bertz CT molecular complexity index is 1150. The van der Waals surface area contributed by atoms with Crippen LogP contribution < -0.4 is 5.32 Å². The van der Waals surface area contributed by atoms with Gasteiger partial charge in [-0.15, -0.1) is 0 Å². The summed E-state index contributed by atoms with van der Waals surface area (Å²) in [7, 11) is -3.87. The lowest BCUT2D eigenvalue weighted by molar-refractivity contribution is -0.0943. The Balaban J connectivity index is 1.59. The second-order valence-electron chi connectivity index (χ2n) is 8.82. The number of sulfone groups is 1. The normalized spacial score (nSPS) is 27.3. The van der Waals surface area contributed by atoms with Crippen LogP contribution in [0.15, 0.2) is 41.3 Å². The van der Waals surface area contributed by atoms with Gasteiger partial charge in [0.2, 0.25) is 0 Å². The Morgan fingerprint density at radius 3 is 2.44 bits per heavy atom. The van der Waals surface area contributed by atoms with Gasteiger partial charge in [0, 0.05) is 11.3 Å². The van der Waals surface area contributed by atoms with Crippen LogP contribution >= 0.6 is 11.6 Å². The highest BCUT2D eigenvalue weighted by Gasteiger charge is 2.55. The van der Waals surface area contributed by atoms with Gasteiger partial charge in [-0.25, -0.2) is 12.8 Å². The lowest BCUT2D eigenvalue weighted by atomic mass is 9.75. The fourth-order valence-corrected chi connectivity index (χ4v) is 7.49. The van der Waals surface area contributed by atoms with Crippen molar-refractivity contribution in [3.8, 4) is 0 Å². The lowest BCUT2D eigenvalue weighted by Crippen LogP contribution is -2.50. The maximum absolute atomic E-state index is 13.5. The number of benzene rings is 2. The minimum absolute atomic E-state index is 0.0227. The highest BCUT2D eigenvalue weighted by Crippen LogP contribution is 2.51. The molecule has 32 heavy (non-hydrogen) atoms. The third-order valence-corrected chi connectivity index (χ3v) is 9.64. The van der Waals surface area contributed by atoms with Gasteiger partial charge in [0.15, 0.2) is 9.84 Å². The van der Waals surface area contributed by atoms with E-state index in [9.17, 15) is 27.8 Å². The average Bonchev–Trinajstić information content (AvgIpc) is 2.92. The van der Waals surface area contributed by atoms with Gasteiger partial charge in [0.05, 0.1) is 27.4 Å². The third kappa shape index (κ3) is 3.94. The van der Waals surface area contributed by atoms with Crippen LogP contribution in [0.5, 0.6) is 0 Å². The van der Waals surface area contributed by atoms with E-state index in [-0.39, 0.29) is 46.8 Å². The van der Waals surface area contributed by atoms with Crippen molar-refractivity contribution in [2.24, 2.45) is 11.8 Å². The number of hydrogen-bond donors (Lipinski definition) is 3. The van der Waals surface area contributed by atoms with Crippen LogP contribution in [0.2, 0.25) is 5.02 Å². The molecule has 2 aliphatic carbocycles. The number of hydrogen-bond acceptors (Lipinski definition) is 5. The van der Waals surface area contributed by atoms with Crippen molar-refractivity contribution in [2.45, 2.75) is 48.4 Å². The number of carbonyl (C=O) groups excluding carboxylic acids is 1. The maximum Gasteiger partial charge on any atom is 0.255 e. The number of aliphatic hydroxyl groups is 2. The van der Waals surface area contributed by atoms with Crippen LogP contribution in [0.25, 0.3) is 0 Å². The first kappa shape index (κ1) is 23.2. The summed E-state index contributed by atoms with van der Waals surface area (Å²) >= 11 is 6.23. The van der Waals surface area contributed by atoms with Gasteiger partial charge >= 0.3 is 0 Å². The van der Waals surface area contributed by atoms with Crippen molar-refractivity contribution in [1.82, 2.24) is 0 Å². The van der Waals surface area contributed by atoms with Crippen molar-refractivity contribution < 1.29 is 27.8 Å². The number of carbonyl (C=O) groups is 1. The Kier molecular flexibility index (Phi) is 6.09. The molecule has 2 aromatic rings. The molecule has 2 unspecified atom stereocenters. The Morgan fingerprint density at radius 2 is 1.84 bits per heavy atom. The van der Waals surface area contributed by atoms with Gasteiger partial charge in [-0.1, -0.05) is 11.6 Å². The largest absolute Gasteiger partial charge is 0.393 e. The van der Waals surface area contributed by atoms with Crippen molar-refractivity contribution in [2.75, 3.05) is 11.9 Å². The summed E-state index contributed by atoms with van der Waals surface area (Å²) in [5.41, 5.74) is -0.358. The van der Waals surface area contributed by atoms with E-state index in [2.05, 4.69) is 5.32 Å². The molecule has 2 fully saturated rings. The van der Waals surface area contributed by atoms with E-state index >= 15 is 0 Å². The fourth-order valence-electron chi connectivity index (χ4n) is 5.09. The molecule has 1 amide bonds. The summed E-state index contributed by atoms with van der Waals surface area (Å²) in [6.45, 7) is 1.20. The van der Waals surface area contributed by atoms with Gasteiger partial charge in [0.25, 0.3) is 5.91 Å². The summed E-state index contributed by atoms with van der Waals surface area (Å²) < 4.78 is 40.4. The van der Waals surface area contributed by atoms with E-state index in [1.807, 2.05) is 0 Å². The van der Waals surface area contributed by atoms with Crippen LogP contribution in [0, 0.1) is 24.6 Å². The first-order valence-electron chi connectivity index (χ1n) is 10.5. The molecule has 2 saturated carbocycles. The second-order valence-corrected chi connectivity index (χ2v) is 11.4. The van der Waals surface area contributed by atoms with Crippen LogP contribution in [-0.2, 0) is 9.84 Å². The quantitative estimate of drug-likeness (QED) is 0.603. The first-order valence-corrected chi connectivity index (χ1v) is 12.4. The minimum atomic E-state index is -3.87. The molecule has 0 saturated heterocycles. The molecule has 4 atom stereocenters. The Labute approximate surface area is 191 Å². The Morgan fingerprint density at radius 1 is 1.19 bits per heavy atom. The van der Waals surface area contributed by atoms with E-state index in [0.29, 0.717) is 24.1 Å². The van der Waals surface area contributed by atoms with E-state index in [1.165, 1.54) is 36.4 Å². The number of aryl methyl sites for hydroxylation is 1. The lowest BCUT2D eigenvalue weighted by Gasteiger charge is -2.41. The molecule has 2 aliphatic rings. The molecule has 2 bridgehead atoms. The van der Waals surface area contributed by atoms with E-state index in [1.54, 1.807) is 6.92 Å². The summed E-state index contributed by atoms with van der Waals surface area (Å²) in [4.78, 5) is 12.6. The van der Waals surface area contributed by atoms with E-state index < -0.39 is 32.4 Å². The van der Waals surface area contributed by atoms with Gasteiger partial charge in [-0.2, -0.15) is 0 Å². The predicted octanol–water partition coefficient (Wildman–Crippen LogP) is 3.73. The van der Waals surface area contributed by atoms with Gasteiger partial charge < -0.3 is 15.5 Å². The second kappa shape index (κ2) is 8.41. The first-order chi connectivity index (χ1) is 15.1. The van der Waals surface area contributed by atoms with Gasteiger partial charge in [-0.3, -0.25) is 4.79 Å². The standard InChI is InChI=1S/C23H25ClFNO5S/c1-13-8-17(5-7-20(13)25)26-22(28)14-2-6-19(24)21(9-14)32(30,31)18-10-15-3-4-16(11-18)23(15,29)12-27/h2,5-9,15-16,18,27,29H,3-4,10-12H2,1H3,(H,26,28)/t15-,16?,18?,23-/m1/s1. The van der Waals surface area contributed by atoms with Gasteiger partial charge in [0.1, 0.15) is 5.82 Å². The molecule has 4 rings (SSSR count). The topological polar surface area (TPSA) is 104 Å². The van der Waals surface area contributed by atoms with E-state index in [4.69, 9.17) is 11.6 Å². The zero-order valence-corrected chi connectivity index (χ0v) is 19.1. The molecule has 3 N–H and O–H groups in total. The van der Waals surface area contributed by atoms with Crippen molar-refractivity contribution >= 4 is 33.0 Å². The fraction of sp³-hybridized carbons (Fsp3) is 0.435. The SMILES string of the molecule is Cc1cc(NC(=O)c2ccc(Cl)c(S(=O)(=O)C3CC4CC[C@H](C3)[C@]4(O)CO)c2)ccc1F. The molecule has 0 aromatic heterocycles. The van der Waals surface area contributed by atoms with Crippen molar-refractivity contribution in [3.63, 3.8) is 0 Å². The molecule has 0 aliphatic heterocycles. The van der Waals surface area contributed by atoms with Crippen molar-refractivity contribution in [1.29, 1.82) is 0 Å². The highest BCUT2D eigenvalue weighted by molar-refractivity contribution is 7.92. The predicted molar refractivity (Wildman–Crippen MR) is 119 cm³/mol. The monoisotopic (exact) mass is 481 g/mol. The smallest absolute Gasteiger partial charge is 0.255 e. The number of nitrogens with one attached hydrogen (secondary N) is 1. The molecular formula is C23H25ClFNO5S. The summed E-state index contributed by atoms with van der Waals surface area (Å²) in [5, 5.41) is 22.3. The number of anilines is 1. The number of halogens is 2. The number of amides is 1. The number of rotatable bonds is 5. The zero-order chi connectivity index (χ0) is 23.3. The molecule has 0 heterocycles. The summed E-state index contributed by atoms with van der Waals surface area (Å²) in [6, 6.07) is 8.23. The number of aliphatic hydroxyl groups excluding tert-OH is 1. The third-order valence-electron chi connectivity index (χ3n) is 6.98. The van der Waals surface area contributed by atoms with Crippen LogP contribution in [-0.4, -0.2) is 42.0 Å². The average molecular weight is 482 g/mol. The molecular weight excluding hydrogens is 457 g/mol. The van der Waals surface area contributed by atoms with Crippen LogP contribution in [0.3, 0.4) is 0 Å². The molecule has 6 nitrogen and oxygen atoms in total. The van der Waals surface area contributed by atoms with Crippen LogP contribution in [0.1, 0.15) is 41.6 Å². The molecule has 2 aromatic carbocycles. The minimum Gasteiger partial charge on any atom is -0.393 e. The molecule has 0 spiro atoms. The number of fused-ring (bicyclic) bond motifs is 2. The zero-order valence-electron chi connectivity index (χ0n) is 17.5. The van der Waals surface area contributed by atoms with E-state index in [0.717, 1.165) is 0 Å². The van der Waals surface area contributed by atoms with Crippen LogP contribution in [0.4, 0.5) is 10.1 Å². The van der Waals surface area contributed by atoms with Crippen molar-refractivity contribution in [3.05, 3.63) is 58.4 Å². The molecule has 0 radical (unpaired) electrons. The molecule has 9 heteroatoms. The maximum atomic E-state index is 13.5. The van der Waals surface area contributed by atoms with Gasteiger partial charge in [-0.05, 0) is 86.4 Å². The summed E-state index contributed by atoms with van der Waals surface area (Å²) in [6.07, 6.45) is 1.80. The summed E-state index contributed by atoms with van der Waals surface area (Å²) in [5.74, 6) is -1.52. The Hall–Kier alpha value is -2.00.